The minimum atomic E-state index is -0.861. The number of halogens is 1. The number of Topliss-reactive ketones (excluding diaryl/α,β-unsaturated/α-hetero) is 1. The molecule has 0 bridgehead atoms. The molecule has 1 aliphatic rings. The van der Waals surface area contributed by atoms with Crippen LogP contribution in [0.3, 0.4) is 0 Å². The number of aliphatic hydroxyl groups excluding tert-OH is 1. The molecule has 1 aliphatic heterocycles. The summed E-state index contributed by atoms with van der Waals surface area (Å²) in [6.07, 6.45) is 0.186. The number of aromatic hydroxyl groups is 1. The molecule has 7 heteroatoms. The summed E-state index contributed by atoms with van der Waals surface area (Å²) in [4.78, 5) is 27.2. The van der Waals surface area contributed by atoms with E-state index in [9.17, 15) is 19.8 Å². The molecule has 2 aromatic rings. The Bertz CT molecular complexity index is 981. The predicted octanol–water partition coefficient (Wildman–Crippen LogP) is 4.57. The van der Waals surface area contributed by atoms with Crippen LogP contribution in [0.25, 0.3) is 0 Å². The first-order valence-electron chi connectivity index (χ1n) is 9.17. The molecule has 1 amide bonds. The minimum Gasteiger partial charge on any atom is -0.506 e. The predicted molar refractivity (Wildman–Crippen MR) is 110 cm³/mol. The highest BCUT2D eigenvalue weighted by Gasteiger charge is 2.44. The van der Waals surface area contributed by atoms with Crippen molar-refractivity contribution < 1.29 is 24.5 Å². The van der Waals surface area contributed by atoms with E-state index in [0.29, 0.717) is 17.0 Å². The van der Waals surface area contributed by atoms with Crippen LogP contribution in [0, 0.1) is 5.92 Å². The molecule has 0 aromatic heterocycles. The normalized spacial score (nSPS) is 16.7. The van der Waals surface area contributed by atoms with E-state index in [1.165, 1.54) is 24.1 Å². The number of ether oxygens (including phenoxy) is 1. The average Bonchev–Trinajstić information content (AvgIpc) is 2.95. The number of rotatable bonds is 6. The fraction of sp³-hybridized carbons (Fsp3) is 0.273. The summed E-state index contributed by atoms with van der Waals surface area (Å²) >= 11 is 6.08. The first-order valence-corrected chi connectivity index (χ1v) is 9.54. The van der Waals surface area contributed by atoms with E-state index in [4.69, 9.17) is 16.3 Å². The second kappa shape index (κ2) is 8.17. The van der Waals surface area contributed by atoms with Gasteiger partial charge in [0.25, 0.3) is 5.91 Å². The highest BCUT2D eigenvalue weighted by molar-refractivity contribution is 6.32. The van der Waals surface area contributed by atoms with Crippen molar-refractivity contribution in [1.29, 1.82) is 0 Å². The van der Waals surface area contributed by atoms with E-state index in [2.05, 4.69) is 0 Å². The van der Waals surface area contributed by atoms with Crippen LogP contribution >= 0.6 is 11.6 Å². The van der Waals surface area contributed by atoms with Crippen molar-refractivity contribution >= 4 is 29.0 Å². The standard InChI is InChI=1S/C22H22ClNO5/c1-12(2)10-18(26)19-20(13-4-9-17(25)16(23)11-13)24(22(28)21(19)27)14-5-7-15(29-3)8-6-14/h4-9,11-12,20,25,27H,10H2,1-3H3. The number of anilines is 1. The third-order valence-corrected chi connectivity index (χ3v) is 5.04. The molecule has 0 radical (unpaired) electrons. The SMILES string of the molecule is COc1ccc(N2C(=O)C(O)=C(C(=O)CC(C)C)C2c2ccc(O)c(Cl)c2)cc1. The van der Waals surface area contributed by atoms with Crippen molar-refractivity contribution in [2.45, 2.75) is 26.3 Å². The van der Waals surface area contributed by atoms with E-state index in [1.54, 1.807) is 30.3 Å². The van der Waals surface area contributed by atoms with E-state index in [-0.39, 0.29) is 34.5 Å². The maximum atomic E-state index is 12.9. The number of benzene rings is 2. The number of methoxy groups -OCH3 is 1. The average molecular weight is 416 g/mol. The van der Waals surface area contributed by atoms with E-state index < -0.39 is 17.7 Å². The summed E-state index contributed by atoms with van der Waals surface area (Å²) in [6, 6.07) is 10.3. The number of nitrogens with zero attached hydrogens (tertiary/aromatic N) is 1. The summed E-state index contributed by atoms with van der Waals surface area (Å²) < 4.78 is 5.16. The molecule has 0 aliphatic carbocycles. The van der Waals surface area contributed by atoms with E-state index in [0.717, 1.165) is 0 Å². The molecular formula is C22H22ClNO5. The molecule has 152 valence electrons. The van der Waals surface area contributed by atoms with Gasteiger partial charge in [0.2, 0.25) is 0 Å². The number of hydrogen-bond donors (Lipinski definition) is 2. The first-order chi connectivity index (χ1) is 13.7. The van der Waals surface area contributed by atoms with Crippen LogP contribution in [-0.4, -0.2) is 29.0 Å². The third kappa shape index (κ3) is 3.93. The van der Waals surface area contributed by atoms with Gasteiger partial charge in [-0.15, -0.1) is 0 Å². The number of hydrogen-bond acceptors (Lipinski definition) is 5. The number of amides is 1. The second-order valence-electron chi connectivity index (χ2n) is 7.27. The van der Waals surface area contributed by atoms with Gasteiger partial charge in [-0.05, 0) is 47.9 Å². The lowest BCUT2D eigenvalue weighted by Gasteiger charge is -2.27. The van der Waals surface area contributed by atoms with Gasteiger partial charge in [0.15, 0.2) is 11.5 Å². The smallest absolute Gasteiger partial charge is 0.294 e. The fourth-order valence-electron chi connectivity index (χ4n) is 3.39. The quantitative estimate of drug-likeness (QED) is 0.721. The Kier molecular flexibility index (Phi) is 5.84. The number of phenols is 1. The van der Waals surface area contributed by atoms with Gasteiger partial charge in [0.1, 0.15) is 11.5 Å². The number of carbonyl (C=O) groups excluding carboxylic acids is 2. The second-order valence-corrected chi connectivity index (χ2v) is 7.68. The van der Waals surface area contributed by atoms with Gasteiger partial charge >= 0.3 is 0 Å². The van der Waals surface area contributed by atoms with Crippen LogP contribution in [0.2, 0.25) is 5.02 Å². The molecule has 1 unspecified atom stereocenters. The summed E-state index contributed by atoms with van der Waals surface area (Å²) in [6.45, 7) is 3.78. The summed E-state index contributed by atoms with van der Waals surface area (Å²) in [5, 5.41) is 20.4. The lowest BCUT2D eigenvalue weighted by Crippen LogP contribution is -2.31. The van der Waals surface area contributed by atoms with Crippen LogP contribution in [0.15, 0.2) is 53.8 Å². The molecule has 0 fully saturated rings. The molecule has 2 N–H and O–H groups in total. The van der Waals surface area contributed by atoms with E-state index in [1.807, 2.05) is 13.8 Å². The van der Waals surface area contributed by atoms with Crippen molar-refractivity contribution in [1.82, 2.24) is 0 Å². The van der Waals surface area contributed by atoms with Gasteiger partial charge in [-0.3, -0.25) is 14.5 Å². The van der Waals surface area contributed by atoms with Crippen LogP contribution in [0.4, 0.5) is 5.69 Å². The van der Waals surface area contributed by atoms with Gasteiger partial charge in [-0.25, -0.2) is 0 Å². The van der Waals surface area contributed by atoms with Crippen LogP contribution in [-0.2, 0) is 9.59 Å². The van der Waals surface area contributed by atoms with E-state index >= 15 is 0 Å². The Balaban J connectivity index is 2.15. The third-order valence-electron chi connectivity index (χ3n) is 4.74. The zero-order chi connectivity index (χ0) is 21.3. The van der Waals surface area contributed by atoms with Crippen molar-refractivity contribution in [2.24, 2.45) is 5.92 Å². The number of ketones is 1. The molecular weight excluding hydrogens is 394 g/mol. The fourth-order valence-corrected chi connectivity index (χ4v) is 3.58. The number of carbonyl (C=O) groups is 2. The summed E-state index contributed by atoms with van der Waals surface area (Å²) in [7, 11) is 1.54. The Labute approximate surface area is 174 Å². The van der Waals surface area contributed by atoms with Crippen molar-refractivity contribution in [3.63, 3.8) is 0 Å². The lowest BCUT2D eigenvalue weighted by atomic mass is 9.92. The molecule has 1 heterocycles. The Morgan fingerprint density at radius 1 is 1.17 bits per heavy atom. The van der Waals surface area contributed by atoms with Crippen LogP contribution in [0.1, 0.15) is 31.9 Å². The Morgan fingerprint density at radius 3 is 2.38 bits per heavy atom. The monoisotopic (exact) mass is 415 g/mol. The lowest BCUT2D eigenvalue weighted by molar-refractivity contribution is -0.118. The van der Waals surface area contributed by atoms with Crippen LogP contribution in [0.5, 0.6) is 11.5 Å². The van der Waals surface area contributed by atoms with Crippen molar-refractivity contribution in [2.75, 3.05) is 12.0 Å². The van der Waals surface area contributed by atoms with Crippen molar-refractivity contribution in [3.8, 4) is 11.5 Å². The molecule has 6 nitrogen and oxygen atoms in total. The molecule has 2 aromatic carbocycles. The Morgan fingerprint density at radius 2 is 1.83 bits per heavy atom. The highest BCUT2D eigenvalue weighted by Crippen LogP contribution is 2.43. The van der Waals surface area contributed by atoms with Gasteiger partial charge in [0, 0.05) is 12.1 Å². The molecule has 0 saturated carbocycles. The zero-order valence-electron chi connectivity index (χ0n) is 16.3. The largest absolute Gasteiger partial charge is 0.506 e. The summed E-state index contributed by atoms with van der Waals surface area (Å²) in [5.74, 6) is -0.998. The maximum absolute atomic E-state index is 12.9. The van der Waals surface area contributed by atoms with Gasteiger partial charge in [-0.1, -0.05) is 31.5 Å². The highest BCUT2D eigenvalue weighted by atomic mass is 35.5. The molecule has 3 rings (SSSR count). The van der Waals surface area contributed by atoms with Crippen molar-refractivity contribution in [3.05, 3.63) is 64.4 Å². The first kappa shape index (κ1) is 20.7. The summed E-state index contributed by atoms with van der Waals surface area (Å²) in [5.41, 5.74) is 1.03. The van der Waals surface area contributed by atoms with Gasteiger partial charge in [0.05, 0.1) is 23.7 Å². The van der Waals surface area contributed by atoms with Gasteiger partial charge < -0.3 is 14.9 Å². The minimum absolute atomic E-state index is 0.0290. The Hall–Kier alpha value is -2.99. The van der Waals surface area contributed by atoms with Crippen LogP contribution < -0.4 is 9.64 Å². The molecule has 0 spiro atoms. The molecule has 29 heavy (non-hydrogen) atoms. The number of aliphatic hydroxyl groups is 1. The topological polar surface area (TPSA) is 87.1 Å². The molecule has 1 atom stereocenters. The van der Waals surface area contributed by atoms with Gasteiger partial charge in [-0.2, -0.15) is 0 Å². The zero-order valence-corrected chi connectivity index (χ0v) is 17.1. The molecule has 0 saturated heterocycles. The maximum Gasteiger partial charge on any atom is 0.294 e. The number of phenolic OH excluding ortho intramolecular Hbond substituents is 1.